The summed E-state index contributed by atoms with van der Waals surface area (Å²) in [5.74, 6) is -1.02. The van der Waals surface area contributed by atoms with E-state index in [2.05, 4.69) is 15.5 Å². The first-order valence-electron chi connectivity index (χ1n) is 8.71. The van der Waals surface area contributed by atoms with Crippen molar-refractivity contribution in [3.05, 3.63) is 94.3 Å². The molecular formula is C21H19ClF2N2. The first-order valence-corrected chi connectivity index (χ1v) is 9.09. The quantitative estimate of drug-likeness (QED) is 0.596. The number of aryl methyl sites for hydroxylation is 1. The van der Waals surface area contributed by atoms with Gasteiger partial charge in [-0.3, -0.25) is 4.90 Å². The van der Waals surface area contributed by atoms with Crippen LogP contribution < -0.4 is 0 Å². The maximum Gasteiger partial charge on any atom is 0.130 e. The minimum absolute atomic E-state index is 0.101. The highest BCUT2D eigenvalue weighted by atomic mass is 35.5. The molecule has 0 aliphatic carbocycles. The molecule has 2 heterocycles. The van der Waals surface area contributed by atoms with Crippen molar-refractivity contribution in [3.63, 3.8) is 0 Å². The van der Waals surface area contributed by atoms with Gasteiger partial charge in [0.2, 0.25) is 0 Å². The van der Waals surface area contributed by atoms with Crippen molar-refractivity contribution in [2.24, 2.45) is 0 Å². The van der Waals surface area contributed by atoms with Gasteiger partial charge in [0.05, 0.1) is 6.04 Å². The zero-order valence-electron chi connectivity index (χ0n) is 14.2. The maximum atomic E-state index is 14.3. The zero-order valence-corrected chi connectivity index (χ0v) is 15.0. The highest BCUT2D eigenvalue weighted by Crippen LogP contribution is 2.36. The number of benzene rings is 2. The molecule has 5 heteroatoms. The second-order valence-electron chi connectivity index (χ2n) is 6.57. The van der Waals surface area contributed by atoms with Crippen molar-refractivity contribution in [2.75, 3.05) is 6.54 Å². The van der Waals surface area contributed by atoms with Crippen LogP contribution in [-0.2, 0) is 13.1 Å². The van der Waals surface area contributed by atoms with Gasteiger partial charge in [-0.15, -0.1) is 0 Å². The van der Waals surface area contributed by atoms with Gasteiger partial charge in [0.15, 0.2) is 0 Å². The van der Waals surface area contributed by atoms with Crippen LogP contribution in [0.5, 0.6) is 0 Å². The first-order chi connectivity index (χ1) is 12.6. The summed E-state index contributed by atoms with van der Waals surface area (Å²) in [5, 5.41) is 0.658. The Balaban J connectivity index is 1.80. The molecule has 1 aliphatic rings. The van der Waals surface area contributed by atoms with Crippen LogP contribution in [0.15, 0.2) is 60.8 Å². The molecule has 1 aromatic heterocycles. The fraction of sp³-hybridized carbons (Fsp3) is 0.238. The van der Waals surface area contributed by atoms with Gasteiger partial charge in [-0.1, -0.05) is 35.9 Å². The first kappa shape index (κ1) is 17.3. The molecule has 4 rings (SSSR count). The van der Waals surface area contributed by atoms with Crippen LogP contribution in [0.2, 0.25) is 5.02 Å². The van der Waals surface area contributed by atoms with Crippen molar-refractivity contribution in [2.45, 2.75) is 25.6 Å². The molecule has 0 saturated carbocycles. The number of aromatic nitrogens is 1. The van der Waals surface area contributed by atoms with E-state index in [4.69, 9.17) is 11.6 Å². The normalized spacial score (nSPS) is 17.7. The van der Waals surface area contributed by atoms with Crippen molar-refractivity contribution in [1.82, 2.24) is 9.47 Å². The molecule has 26 heavy (non-hydrogen) atoms. The molecule has 134 valence electrons. The van der Waals surface area contributed by atoms with Gasteiger partial charge >= 0.3 is 0 Å². The lowest BCUT2D eigenvalue weighted by molar-refractivity contribution is 0.214. The van der Waals surface area contributed by atoms with Crippen molar-refractivity contribution >= 4 is 11.6 Å². The molecular weight excluding hydrogens is 354 g/mol. The van der Waals surface area contributed by atoms with E-state index in [1.54, 1.807) is 0 Å². The fourth-order valence-electron chi connectivity index (χ4n) is 3.75. The number of hydrogen-bond donors (Lipinski definition) is 0. The molecule has 1 aliphatic heterocycles. The average Bonchev–Trinajstić information content (AvgIpc) is 3.01. The summed E-state index contributed by atoms with van der Waals surface area (Å²) in [6.07, 6.45) is 2.95. The van der Waals surface area contributed by atoms with E-state index >= 15 is 0 Å². The second-order valence-corrected chi connectivity index (χ2v) is 6.98. The minimum atomic E-state index is -0.512. The van der Waals surface area contributed by atoms with Crippen LogP contribution >= 0.6 is 11.6 Å². The summed E-state index contributed by atoms with van der Waals surface area (Å²) in [5.41, 5.74) is 2.14. The third kappa shape index (κ3) is 3.15. The molecule has 1 atom stereocenters. The van der Waals surface area contributed by atoms with Gasteiger partial charge in [-0.05, 0) is 42.3 Å². The predicted octanol–water partition coefficient (Wildman–Crippen LogP) is 5.42. The summed E-state index contributed by atoms with van der Waals surface area (Å²) < 4.78 is 30.7. The van der Waals surface area contributed by atoms with Crippen LogP contribution in [0.3, 0.4) is 0 Å². The second kappa shape index (κ2) is 7.22. The zero-order chi connectivity index (χ0) is 18.1. The van der Waals surface area contributed by atoms with Gasteiger partial charge in [0.1, 0.15) is 11.6 Å². The van der Waals surface area contributed by atoms with Gasteiger partial charge in [0, 0.05) is 42.1 Å². The van der Waals surface area contributed by atoms with E-state index < -0.39 is 11.6 Å². The Morgan fingerprint density at radius 2 is 1.69 bits per heavy atom. The SMILES string of the molecule is Fc1cccc(F)c1CN1CCCn2cccc2[C@@H]1c1ccccc1Cl. The molecule has 3 aromatic rings. The van der Waals surface area contributed by atoms with Crippen LogP contribution in [0.25, 0.3) is 0 Å². The highest BCUT2D eigenvalue weighted by molar-refractivity contribution is 6.31. The summed E-state index contributed by atoms with van der Waals surface area (Å²) in [6, 6.07) is 15.6. The lowest BCUT2D eigenvalue weighted by atomic mass is 10.0. The molecule has 0 spiro atoms. The summed E-state index contributed by atoms with van der Waals surface area (Å²) in [6.45, 7) is 1.80. The number of rotatable bonds is 3. The van der Waals surface area contributed by atoms with Crippen molar-refractivity contribution in [1.29, 1.82) is 0 Å². The fourth-order valence-corrected chi connectivity index (χ4v) is 3.99. The van der Waals surface area contributed by atoms with Gasteiger partial charge in [-0.25, -0.2) is 8.78 Å². The molecule has 0 radical (unpaired) electrons. The van der Waals surface area contributed by atoms with Crippen molar-refractivity contribution < 1.29 is 8.78 Å². The Morgan fingerprint density at radius 3 is 2.46 bits per heavy atom. The summed E-state index contributed by atoms with van der Waals surface area (Å²) >= 11 is 6.49. The van der Waals surface area contributed by atoms with Crippen LogP contribution in [0.1, 0.15) is 29.3 Å². The summed E-state index contributed by atoms with van der Waals surface area (Å²) in [4.78, 5) is 2.11. The predicted molar refractivity (Wildman–Crippen MR) is 99.1 cm³/mol. The number of hydrogen-bond acceptors (Lipinski definition) is 1. The highest BCUT2D eigenvalue weighted by Gasteiger charge is 2.29. The summed E-state index contributed by atoms with van der Waals surface area (Å²) in [7, 11) is 0. The van der Waals surface area contributed by atoms with Gasteiger partial charge in [0.25, 0.3) is 0 Å². The number of nitrogens with zero attached hydrogens (tertiary/aromatic N) is 2. The monoisotopic (exact) mass is 372 g/mol. The van der Waals surface area contributed by atoms with E-state index in [1.165, 1.54) is 18.2 Å². The lowest BCUT2D eigenvalue weighted by Crippen LogP contribution is -2.30. The molecule has 0 unspecified atom stereocenters. The van der Waals surface area contributed by atoms with Crippen LogP contribution in [0, 0.1) is 11.6 Å². The molecule has 2 aromatic carbocycles. The third-order valence-electron chi connectivity index (χ3n) is 4.98. The molecule has 0 N–H and O–H groups in total. The molecule has 0 fully saturated rings. The Kier molecular flexibility index (Phi) is 4.79. The Labute approximate surface area is 156 Å². The number of fused-ring (bicyclic) bond motifs is 1. The Bertz CT molecular complexity index is 902. The molecule has 0 saturated heterocycles. The van der Waals surface area contributed by atoms with E-state index in [9.17, 15) is 8.78 Å². The van der Waals surface area contributed by atoms with E-state index in [0.29, 0.717) is 5.02 Å². The maximum absolute atomic E-state index is 14.3. The van der Waals surface area contributed by atoms with Crippen LogP contribution in [0.4, 0.5) is 8.78 Å². The smallest absolute Gasteiger partial charge is 0.130 e. The topological polar surface area (TPSA) is 8.17 Å². The Morgan fingerprint density at radius 1 is 0.923 bits per heavy atom. The minimum Gasteiger partial charge on any atom is -0.350 e. The lowest BCUT2D eigenvalue weighted by Gasteiger charge is -2.31. The average molecular weight is 373 g/mol. The third-order valence-corrected chi connectivity index (χ3v) is 5.32. The molecule has 0 amide bonds. The van der Waals surface area contributed by atoms with E-state index in [0.717, 1.165) is 30.8 Å². The largest absolute Gasteiger partial charge is 0.350 e. The van der Waals surface area contributed by atoms with Gasteiger partial charge in [-0.2, -0.15) is 0 Å². The standard InChI is InChI=1S/C21H19ClF2N2/c22-17-7-2-1-6-15(17)21-20-10-4-11-25(20)12-5-13-26(21)14-16-18(23)8-3-9-19(16)24/h1-4,6-11,21H,5,12-14H2/t21-/m0/s1. The number of halogens is 3. The van der Waals surface area contributed by atoms with E-state index in [-0.39, 0.29) is 18.2 Å². The Hall–Kier alpha value is -2.17. The van der Waals surface area contributed by atoms with Crippen LogP contribution in [-0.4, -0.2) is 16.0 Å². The van der Waals surface area contributed by atoms with Gasteiger partial charge < -0.3 is 4.57 Å². The molecule has 2 nitrogen and oxygen atoms in total. The van der Waals surface area contributed by atoms with E-state index in [1.807, 2.05) is 36.5 Å². The molecule has 0 bridgehead atoms. The van der Waals surface area contributed by atoms with Crippen molar-refractivity contribution in [3.8, 4) is 0 Å².